The molecule has 0 bridgehead atoms. The first-order valence-electron chi connectivity index (χ1n) is 16.9. The van der Waals surface area contributed by atoms with Crippen molar-refractivity contribution in [3.8, 4) is 5.75 Å². The summed E-state index contributed by atoms with van der Waals surface area (Å²) < 4.78 is 0. The molecule has 3 fully saturated rings. The molecule has 0 spiro atoms. The fraction of sp³-hybridized carbons (Fsp3) is 0.686. The Hall–Kier alpha value is -3.67. The van der Waals surface area contributed by atoms with Gasteiger partial charge in [-0.2, -0.15) is 0 Å². The second-order valence-corrected chi connectivity index (χ2v) is 15.1. The Balaban J connectivity index is 0.00000142. The maximum Gasteiger partial charge on any atom is 0.315 e. The zero-order valence-corrected chi connectivity index (χ0v) is 29.1. The Morgan fingerprint density at radius 2 is 1.64 bits per heavy atom. The van der Waals surface area contributed by atoms with Crippen LogP contribution in [0.3, 0.4) is 0 Å². The number of primary amides is 1. The molecule has 1 heterocycles. The molecule has 12 heteroatoms. The first-order valence-corrected chi connectivity index (χ1v) is 16.9. The van der Waals surface area contributed by atoms with Crippen molar-refractivity contribution in [2.24, 2.45) is 17.1 Å². The second-order valence-electron chi connectivity index (χ2n) is 15.1. The minimum atomic E-state index is -1.09. The minimum Gasteiger partial charge on any atom is -0.508 e. The van der Waals surface area contributed by atoms with Gasteiger partial charge in [-0.3, -0.25) is 19.2 Å². The number of nitrogens with two attached hydrogens (primary N) is 1. The number of aromatic hydroxyl groups is 1. The summed E-state index contributed by atoms with van der Waals surface area (Å²) in [5, 5.41) is 18.8. The third-order valence-electron chi connectivity index (χ3n) is 9.01. The molecule has 4 rings (SSSR count). The lowest BCUT2D eigenvalue weighted by atomic mass is 9.77. The van der Waals surface area contributed by atoms with E-state index in [4.69, 9.17) is 5.73 Å². The number of urea groups is 1. The molecule has 3 atom stereocenters. The fourth-order valence-corrected chi connectivity index (χ4v) is 6.52. The largest absolute Gasteiger partial charge is 0.508 e. The first kappa shape index (κ1) is 37.8. The molecular weight excluding hydrogens is 600 g/mol. The number of hydrogen-bond acceptors (Lipinski definition) is 7. The molecule has 0 aromatic heterocycles. The molecule has 1 aliphatic heterocycles. The molecule has 5 amide bonds. The Kier molecular flexibility index (Phi) is 13.2. The minimum absolute atomic E-state index is 0.174. The van der Waals surface area contributed by atoms with Gasteiger partial charge in [-0.15, -0.1) is 0 Å². The molecule has 2 saturated carbocycles. The summed E-state index contributed by atoms with van der Waals surface area (Å²) in [6.45, 7) is 5.93. The quantitative estimate of drug-likeness (QED) is 0.228. The summed E-state index contributed by atoms with van der Waals surface area (Å²) in [6, 6.07) is 3.85. The van der Waals surface area contributed by atoms with E-state index < -0.39 is 52.7 Å². The van der Waals surface area contributed by atoms with Crippen molar-refractivity contribution in [2.45, 2.75) is 115 Å². The van der Waals surface area contributed by atoms with Gasteiger partial charge in [0.15, 0.2) is 0 Å². The average molecular weight is 657 g/mol. The van der Waals surface area contributed by atoms with Crippen LogP contribution < -0.4 is 21.7 Å². The lowest BCUT2D eigenvalue weighted by molar-refractivity contribution is -0.143. The number of rotatable bonds is 11. The van der Waals surface area contributed by atoms with Crippen LogP contribution in [0.4, 0.5) is 4.79 Å². The Labute approximate surface area is 279 Å². The van der Waals surface area contributed by atoms with Gasteiger partial charge in [-0.05, 0) is 88.7 Å². The molecule has 0 radical (unpaired) electrons. The van der Waals surface area contributed by atoms with Gasteiger partial charge in [-0.1, -0.05) is 65.0 Å². The number of phenolic OH excluding ortho intramolecular Hbond substituents is 1. The van der Waals surface area contributed by atoms with Gasteiger partial charge in [0.05, 0.1) is 6.04 Å². The molecule has 3 aliphatic rings. The van der Waals surface area contributed by atoms with Gasteiger partial charge in [0.1, 0.15) is 17.8 Å². The normalized spacial score (nSPS) is 20.3. The van der Waals surface area contributed by atoms with Crippen molar-refractivity contribution in [2.75, 3.05) is 27.7 Å². The van der Waals surface area contributed by atoms with Crippen LogP contribution >= 0.6 is 0 Å². The summed E-state index contributed by atoms with van der Waals surface area (Å²) >= 11 is 0. The predicted molar refractivity (Wildman–Crippen MR) is 180 cm³/mol. The van der Waals surface area contributed by atoms with E-state index in [0.29, 0.717) is 32.2 Å². The van der Waals surface area contributed by atoms with E-state index >= 15 is 0 Å². The van der Waals surface area contributed by atoms with Crippen LogP contribution in [0.1, 0.15) is 90.5 Å². The highest BCUT2D eigenvalue weighted by Gasteiger charge is 2.44. The van der Waals surface area contributed by atoms with Gasteiger partial charge in [0, 0.05) is 12.1 Å². The number of nitrogens with one attached hydrogen (secondary N) is 3. The Morgan fingerprint density at radius 1 is 1.00 bits per heavy atom. The second kappa shape index (κ2) is 16.4. The number of carbonyl (C=O) groups excluding carboxylic acids is 5. The number of likely N-dealkylation sites (tertiary alicyclic amines) is 1. The summed E-state index contributed by atoms with van der Waals surface area (Å²) in [7, 11) is 6.00. The zero-order chi connectivity index (χ0) is 34.9. The van der Waals surface area contributed by atoms with Crippen LogP contribution in [-0.4, -0.2) is 95.8 Å². The molecule has 262 valence electrons. The van der Waals surface area contributed by atoms with E-state index in [1.807, 2.05) is 52.9 Å². The van der Waals surface area contributed by atoms with Gasteiger partial charge in [-0.25, -0.2) is 4.79 Å². The predicted octanol–water partition coefficient (Wildman–Crippen LogP) is 2.86. The fourth-order valence-electron chi connectivity index (χ4n) is 6.52. The van der Waals surface area contributed by atoms with E-state index in [9.17, 15) is 29.1 Å². The van der Waals surface area contributed by atoms with E-state index in [1.165, 1.54) is 4.90 Å². The van der Waals surface area contributed by atoms with Crippen LogP contribution in [0.2, 0.25) is 0 Å². The molecule has 6 N–H and O–H groups in total. The highest BCUT2D eigenvalue weighted by molar-refractivity contribution is 6.37. The molecule has 12 nitrogen and oxygen atoms in total. The van der Waals surface area contributed by atoms with Gasteiger partial charge in [0.25, 0.3) is 5.91 Å². The van der Waals surface area contributed by atoms with E-state index in [-0.39, 0.29) is 17.6 Å². The van der Waals surface area contributed by atoms with E-state index in [2.05, 4.69) is 16.0 Å². The average Bonchev–Trinajstić information content (AvgIpc) is 3.65. The molecule has 2 aliphatic carbocycles. The SMILES string of the molecule is CC(C)(C)C(NC(=O)NC1(Cc2cccc(O)c2)CCCCC1)C(=O)N1CCCC1C(=O)NC(CC1CC1)C(=O)C(N)=O.CN(C)C. The van der Waals surface area contributed by atoms with Crippen LogP contribution in [0.5, 0.6) is 5.75 Å². The maximum atomic E-state index is 14.0. The number of amides is 5. The highest BCUT2D eigenvalue weighted by Crippen LogP contribution is 2.34. The summed E-state index contributed by atoms with van der Waals surface area (Å²) in [5.41, 5.74) is 4.98. The summed E-state index contributed by atoms with van der Waals surface area (Å²) in [5.74, 6) is -2.34. The van der Waals surface area contributed by atoms with E-state index in [0.717, 1.165) is 50.5 Å². The van der Waals surface area contributed by atoms with Gasteiger partial charge >= 0.3 is 6.03 Å². The Morgan fingerprint density at radius 3 is 2.19 bits per heavy atom. The van der Waals surface area contributed by atoms with Crippen molar-refractivity contribution < 1.29 is 29.1 Å². The number of ketones is 1. The van der Waals surface area contributed by atoms with Crippen LogP contribution in [0, 0.1) is 11.3 Å². The highest BCUT2D eigenvalue weighted by atomic mass is 16.3. The first-order chi connectivity index (χ1) is 22.0. The van der Waals surface area contributed by atoms with Crippen molar-refractivity contribution in [3.63, 3.8) is 0 Å². The number of nitrogens with zero attached hydrogens (tertiary/aromatic N) is 2. The van der Waals surface area contributed by atoms with Crippen LogP contribution in [-0.2, 0) is 25.6 Å². The molecule has 3 unspecified atom stereocenters. The summed E-state index contributed by atoms with van der Waals surface area (Å²) in [6.07, 6.45) is 8.36. The topological polar surface area (TPSA) is 174 Å². The number of hydrogen-bond donors (Lipinski definition) is 5. The molecule has 47 heavy (non-hydrogen) atoms. The maximum absolute atomic E-state index is 14.0. The number of carbonyl (C=O) groups is 5. The van der Waals surface area contributed by atoms with Crippen molar-refractivity contribution >= 4 is 29.5 Å². The zero-order valence-electron chi connectivity index (χ0n) is 29.1. The third-order valence-corrected chi connectivity index (χ3v) is 9.01. The lowest BCUT2D eigenvalue weighted by Crippen LogP contribution is -2.62. The molecular formula is C35H56N6O6. The Bertz CT molecular complexity index is 1260. The van der Waals surface area contributed by atoms with Gasteiger partial charge in [0.2, 0.25) is 17.6 Å². The van der Waals surface area contributed by atoms with Gasteiger partial charge < -0.3 is 36.6 Å². The number of benzene rings is 1. The monoisotopic (exact) mass is 656 g/mol. The van der Waals surface area contributed by atoms with E-state index in [1.54, 1.807) is 18.2 Å². The number of phenols is 1. The van der Waals surface area contributed by atoms with Crippen LogP contribution in [0.15, 0.2) is 24.3 Å². The molecule has 1 aromatic carbocycles. The molecule has 1 saturated heterocycles. The molecule has 1 aromatic rings. The summed E-state index contributed by atoms with van der Waals surface area (Å²) in [4.78, 5) is 68.4. The van der Waals surface area contributed by atoms with Crippen LogP contribution in [0.25, 0.3) is 0 Å². The lowest BCUT2D eigenvalue weighted by Gasteiger charge is -2.40. The smallest absolute Gasteiger partial charge is 0.315 e. The van der Waals surface area contributed by atoms with Crippen molar-refractivity contribution in [1.82, 2.24) is 25.8 Å². The van der Waals surface area contributed by atoms with Crippen molar-refractivity contribution in [1.29, 1.82) is 0 Å². The standard InChI is InChI=1S/C32H47N5O6.C3H9N/c1-31(2,3)26(35-30(43)36-32(14-5-4-6-15-32)19-21-9-7-10-22(38)17-21)29(42)37-16-8-11-24(37)28(41)34-23(18-20-12-13-20)25(39)27(33)40;1-4(2)3/h7,9-10,17,20,23-24,26,38H,4-6,8,11-16,18-19H2,1-3H3,(H2,33,40)(H,34,41)(H2,35,36,43);1-3H3. The number of Topliss-reactive ketones (excluding diaryl/α,β-unsaturated/α-hetero) is 1. The third kappa shape index (κ3) is 11.5. The van der Waals surface area contributed by atoms with Crippen molar-refractivity contribution in [3.05, 3.63) is 29.8 Å².